The molecular formula is C16H16. The van der Waals surface area contributed by atoms with E-state index >= 15 is 0 Å². The fraction of sp³-hybridized carbons (Fsp3) is 0.125. The van der Waals surface area contributed by atoms with Gasteiger partial charge in [-0.25, -0.2) is 0 Å². The van der Waals surface area contributed by atoms with E-state index in [2.05, 4.69) is 67.6 Å². The Kier molecular flexibility index (Phi) is 3.55. The molecule has 0 spiro atoms. The summed E-state index contributed by atoms with van der Waals surface area (Å²) in [5.74, 6) is 0. The first-order valence-corrected chi connectivity index (χ1v) is 5.70. The van der Waals surface area contributed by atoms with Crippen molar-refractivity contribution in [2.75, 3.05) is 0 Å². The Labute approximate surface area is 97.3 Å². The highest BCUT2D eigenvalue weighted by molar-refractivity contribution is 5.69. The monoisotopic (exact) mass is 208 g/mol. The summed E-state index contributed by atoms with van der Waals surface area (Å²) < 4.78 is 0. The highest BCUT2D eigenvalue weighted by Crippen LogP contribution is 2.10. The van der Waals surface area contributed by atoms with E-state index in [-0.39, 0.29) is 0 Å². The molecule has 0 aliphatic rings. The van der Waals surface area contributed by atoms with Gasteiger partial charge in [0.2, 0.25) is 0 Å². The lowest BCUT2D eigenvalue weighted by atomic mass is 10.1. The van der Waals surface area contributed by atoms with Crippen molar-refractivity contribution in [3.8, 4) is 0 Å². The molecule has 0 amide bonds. The van der Waals surface area contributed by atoms with Crippen molar-refractivity contribution in [3.05, 3.63) is 71.3 Å². The average Bonchev–Trinajstić information content (AvgIpc) is 2.38. The topological polar surface area (TPSA) is 0 Å². The standard InChI is InChI=1S/C16H16/c1-2-14-9-6-10-16(13-14)12-11-15-7-4-3-5-8-15/h3-13H,2H2,1H3/b12-11+. The summed E-state index contributed by atoms with van der Waals surface area (Å²) in [4.78, 5) is 0. The molecular weight excluding hydrogens is 192 g/mol. The van der Waals surface area contributed by atoms with Crippen LogP contribution in [0.1, 0.15) is 23.6 Å². The van der Waals surface area contributed by atoms with Crippen molar-refractivity contribution in [2.45, 2.75) is 13.3 Å². The summed E-state index contributed by atoms with van der Waals surface area (Å²) >= 11 is 0. The van der Waals surface area contributed by atoms with Crippen LogP contribution in [0.2, 0.25) is 0 Å². The van der Waals surface area contributed by atoms with Crippen LogP contribution in [0.15, 0.2) is 54.6 Å². The van der Waals surface area contributed by atoms with Gasteiger partial charge in [-0.15, -0.1) is 0 Å². The molecule has 0 unspecified atom stereocenters. The summed E-state index contributed by atoms with van der Waals surface area (Å²) in [6.45, 7) is 2.18. The summed E-state index contributed by atoms with van der Waals surface area (Å²) in [6, 6.07) is 19.0. The molecule has 0 aliphatic carbocycles. The van der Waals surface area contributed by atoms with Crippen molar-refractivity contribution in [2.24, 2.45) is 0 Å². The number of hydrogen-bond acceptors (Lipinski definition) is 0. The highest BCUT2D eigenvalue weighted by atomic mass is 14.0. The third-order valence-corrected chi connectivity index (χ3v) is 2.63. The van der Waals surface area contributed by atoms with Crippen LogP contribution in [0.5, 0.6) is 0 Å². The lowest BCUT2D eigenvalue weighted by Crippen LogP contribution is -1.80. The second kappa shape index (κ2) is 5.32. The predicted octanol–water partition coefficient (Wildman–Crippen LogP) is 4.42. The zero-order valence-corrected chi connectivity index (χ0v) is 9.56. The minimum absolute atomic E-state index is 1.09. The minimum atomic E-state index is 1.09. The Morgan fingerprint density at radius 3 is 2.25 bits per heavy atom. The van der Waals surface area contributed by atoms with Crippen molar-refractivity contribution < 1.29 is 0 Å². The lowest BCUT2D eigenvalue weighted by molar-refractivity contribution is 1.14. The molecule has 0 N–H and O–H groups in total. The summed E-state index contributed by atoms with van der Waals surface area (Å²) in [6.07, 6.45) is 5.40. The van der Waals surface area contributed by atoms with Gasteiger partial charge in [0, 0.05) is 0 Å². The van der Waals surface area contributed by atoms with E-state index in [4.69, 9.17) is 0 Å². The first-order chi connectivity index (χ1) is 7.88. The first-order valence-electron chi connectivity index (χ1n) is 5.70. The van der Waals surface area contributed by atoms with Crippen LogP contribution in [0, 0.1) is 0 Å². The van der Waals surface area contributed by atoms with Gasteiger partial charge in [-0.3, -0.25) is 0 Å². The number of aryl methyl sites for hydroxylation is 1. The molecule has 16 heavy (non-hydrogen) atoms. The van der Waals surface area contributed by atoms with Crippen LogP contribution < -0.4 is 0 Å². The predicted molar refractivity (Wildman–Crippen MR) is 71.2 cm³/mol. The maximum absolute atomic E-state index is 2.24. The van der Waals surface area contributed by atoms with Crippen molar-refractivity contribution in [3.63, 3.8) is 0 Å². The fourth-order valence-corrected chi connectivity index (χ4v) is 1.67. The van der Waals surface area contributed by atoms with Crippen molar-refractivity contribution >= 4 is 12.2 Å². The smallest absolute Gasteiger partial charge is 0.0254 e. The third-order valence-electron chi connectivity index (χ3n) is 2.63. The quantitative estimate of drug-likeness (QED) is 0.655. The average molecular weight is 208 g/mol. The molecule has 80 valence electrons. The van der Waals surface area contributed by atoms with Crippen LogP contribution >= 0.6 is 0 Å². The number of rotatable bonds is 3. The second-order valence-corrected chi connectivity index (χ2v) is 3.84. The minimum Gasteiger partial charge on any atom is -0.0622 e. The Balaban J connectivity index is 2.17. The molecule has 0 aromatic heterocycles. The Bertz CT molecular complexity index is 466. The van der Waals surface area contributed by atoms with Crippen LogP contribution in [0.25, 0.3) is 12.2 Å². The van der Waals surface area contributed by atoms with Gasteiger partial charge in [-0.05, 0) is 23.1 Å². The molecule has 0 heteroatoms. The van der Waals surface area contributed by atoms with Crippen LogP contribution in [-0.2, 0) is 6.42 Å². The SMILES string of the molecule is CCc1cccc(/C=C/c2ccccc2)c1. The largest absolute Gasteiger partial charge is 0.0622 e. The van der Waals surface area contributed by atoms with Gasteiger partial charge in [0.15, 0.2) is 0 Å². The molecule has 0 bridgehead atoms. The molecule has 2 aromatic carbocycles. The molecule has 2 aromatic rings. The molecule has 0 radical (unpaired) electrons. The third kappa shape index (κ3) is 2.83. The van der Waals surface area contributed by atoms with Gasteiger partial charge >= 0.3 is 0 Å². The molecule has 0 fully saturated rings. The van der Waals surface area contributed by atoms with Gasteiger partial charge in [0.1, 0.15) is 0 Å². The Hall–Kier alpha value is -1.82. The lowest BCUT2D eigenvalue weighted by Gasteiger charge is -1.98. The molecule has 0 nitrogen and oxygen atoms in total. The molecule has 2 rings (SSSR count). The van der Waals surface area contributed by atoms with E-state index in [1.54, 1.807) is 0 Å². The highest BCUT2D eigenvalue weighted by Gasteiger charge is 1.90. The molecule has 0 aliphatic heterocycles. The summed E-state index contributed by atoms with van der Waals surface area (Å²) in [5.41, 5.74) is 3.89. The summed E-state index contributed by atoms with van der Waals surface area (Å²) in [7, 11) is 0. The number of benzene rings is 2. The van der Waals surface area contributed by atoms with Gasteiger partial charge in [0.25, 0.3) is 0 Å². The van der Waals surface area contributed by atoms with E-state index in [1.165, 1.54) is 16.7 Å². The molecule has 0 heterocycles. The van der Waals surface area contributed by atoms with E-state index in [0.29, 0.717) is 0 Å². The van der Waals surface area contributed by atoms with Gasteiger partial charge < -0.3 is 0 Å². The second-order valence-electron chi connectivity index (χ2n) is 3.84. The van der Waals surface area contributed by atoms with Gasteiger partial charge in [0.05, 0.1) is 0 Å². The maximum Gasteiger partial charge on any atom is -0.0254 e. The summed E-state index contributed by atoms with van der Waals surface area (Å²) in [5, 5.41) is 0. The normalized spacial score (nSPS) is 10.8. The maximum atomic E-state index is 2.24. The van der Waals surface area contributed by atoms with Crippen molar-refractivity contribution in [1.82, 2.24) is 0 Å². The van der Waals surface area contributed by atoms with E-state index in [9.17, 15) is 0 Å². The van der Waals surface area contributed by atoms with Crippen LogP contribution in [-0.4, -0.2) is 0 Å². The molecule has 0 saturated heterocycles. The van der Waals surface area contributed by atoms with E-state index in [1.807, 2.05) is 6.07 Å². The van der Waals surface area contributed by atoms with Crippen LogP contribution in [0.3, 0.4) is 0 Å². The molecule has 0 atom stereocenters. The fourth-order valence-electron chi connectivity index (χ4n) is 1.67. The Morgan fingerprint density at radius 2 is 1.50 bits per heavy atom. The number of hydrogen-bond donors (Lipinski definition) is 0. The zero-order valence-electron chi connectivity index (χ0n) is 9.56. The first kappa shape index (κ1) is 10.7. The molecule has 0 saturated carbocycles. The zero-order chi connectivity index (χ0) is 11.2. The van der Waals surface area contributed by atoms with E-state index < -0.39 is 0 Å². The van der Waals surface area contributed by atoms with Gasteiger partial charge in [-0.1, -0.05) is 73.7 Å². The van der Waals surface area contributed by atoms with Crippen LogP contribution in [0.4, 0.5) is 0 Å². The van der Waals surface area contributed by atoms with Crippen molar-refractivity contribution in [1.29, 1.82) is 0 Å². The van der Waals surface area contributed by atoms with E-state index in [0.717, 1.165) is 6.42 Å². The van der Waals surface area contributed by atoms with Gasteiger partial charge in [-0.2, -0.15) is 0 Å². The Morgan fingerprint density at radius 1 is 0.812 bits per heavy atom.